The summed E-state index contributed by atoms with van der Waals surface area (Å²) in [6.45, 7) is 3.02. The molecule has 1 heterocycles. The molecule has 1 aromatic heterocycles. The van der Waals surface area contributed by atoms with Gasteiger partial charge in [-0.1, -0.05) is 12.8 Å². The average Bonchev–Trinajstić information content (AvgIpc) is 2.71. The first-order valence-corrected chi connectivity index (χ1v) is 5.05. The Kier molecular flexibility index (Phi) is 2.25. The van der Waals surface area contributed by atoms with Gasteiger partial charge in [-0.3, -0.25) is 0 Å². The van der Waals surface area contributed by atoms with Crippen LogP contribution in [0.4, 0.5) is 5.82 Å². The zero-order chi connectivity index (χ0) is 9.26. The van der Waals surface area contributed by atoms with Crippen molar-refractivity contribution in [3.8, 4) is 0 Å². The van der Waals surface area contributed by atoms with Crippen LogP contribution < -0.4 is 5.73 Å². The van der Waals surface area contributed by atoms with E-state index in [1.165, 1.54) is 25.7 Å². The normalized spacial score (nSPS) is 18.2. The van der Waals surface area contributed by atoms with E-state index in [1.807, 2.05) is 17.8 Å². The molecule has 0 saturated heterocycles. The third kappa shape index (κ3) is 1.69. The molecular weight excluding hydrogens is 162 g/mol. The number of aryl methyl sites for hydroxylation is 1. The van der Waals surface area contributed by atoms with E-state index in [2.05, 4.69) is 5.10 Å². The number of nitrogens with two attached hydrogens (primary N) is 1. The van der Waals surface area contributed by atoms with Crippen molar-refractivity contribution < 1.29 is 0 Å². The van der Waals surface area contributed by atoms with Gasteiger partial charge in [0.2, 0.25) is 0 Å². The Morgan fingerprint density at radius 3 is 2.77 bits per heavy atom. The van der Waals surface area contributed by atoms with Crippen molar-refractivity contribution in [2.45, 2.75) is 39.2 Å². The number of anilines is 1. The van der Waals surface area contributed by atoms with Crippen molar-refractivity contribution in [2.24, 2.45) is 5.92 Å². The van der Waals surface area contributed by atoms with Crippen molar-refractivity contribution in [2.75, 3.05) is 5.73 Å². The second kappa shape index (κ2) is 3.40. The van der Waals surface area contributed by atoms with E-state index in [0.29, 0.717) is 0 Å². The molecule has 0 bridgehead atoms. The van der Waals surface area contributed by atoms with Gasteiger partial charge in [-0.2, -0.15) is 5.10 Å². The summed E-state index contributed by atoms with van der Waals surface area (Å²) in [5.41, 5.74) is 6.98. The predicted molar refractivity (Wildman–Crippen MR) is 53.3 cm³/mol. The Bertz CT molecular complexity index is 284. The van der Waals surface area contributed by atoms with Gasteiger partial charge in [0.15, 0.2) is 0 Å². The van der Waals surface area contributed by atoms with Crippen LogP contribution in [0.5, 0.6) is 0 Å². The molecule has 3 heteroatoms. The van der Waals surface area contributed by atoms with Crippen molar-refractivity contribution in [3.63, 3.8) is 0 Å². The van der Waals surface area contributed by atoms with Gasteiger partial charge in [-0.05, 0) is 25.7 Å². The molecule has 2 rings (SSSR count). The molecule has 0 radical (unpaired) electrons. The van der Waals surface area contributed by atoms with Gasteiger partial charge < -0.3 is 5.73 Å². The van der Waals surface area contributed by atoms with Gasteiger partial charge in [0.25, 0.3) is 0 Å². The fourth-order valence-corrected chi connectivity index (χ4v) is 2.07. The molecule has 1 aromatic rings. The molecule has 0 atom stereocenters. The molecule has 1 fully saturated rings. The van der Waals surface area contributed by atoms with Crippen LogP contribution in [-0.4, -0.2) is 9.78 Å². The first-order chi connectivity index (χ1) is 6.27. The van der Waals surface area contributed by atoms with E-state index >= 15 is 0 Å². The van der Waals surface area contributed by atoms with Gasteiger partial charge in [-0.25, -0.2) is 4.68 Å². The van der Waals surface area contributed by atoms with Crippen LogP contribution in [-0.2, 0) is 6.54 Å². The van der Waals surface area contributed by atoms with Crippen LogP contribution in [0.1, 0.15) is 31.2 Å². The highest BCUT2D eigenvalue weighted by Gasteiger charge is 2.16. The molecule has 1 aliphatic rings. The van der Waals surface area contributed by atoms with Crippen LogP contribution in [0.2, 0.25) is 0 Å². The topological polar surface area (TPSA) is 43.8 Å². The first-order valence-electron chi connectivity index (χ1n) is 5.05. The lowest BCUT2D eigenvalue weighted by molar-refractivity contribution is 0.433. The maximum Gasteiger partial charge on any atom is 0.124 e. The lowest BCUT2D eigenvalue weighted by Gasteiger charge is -2.10. The zero-order valence-electron chi connectivity index (χ0n) is 8.16. The summed E-state index contributed by atoms with van der Waals surface area (Å²) in [7, 11) is 0. The summed E-state index contributed by atoms with van der Waals surface area (Å²) in [6, 6.07) is 0. The molecule has 72 valence electrons. The van der Waals surface area contributed by atoms with E-state index in [4.69, 9.17) is 5.73 Å². The van der Waals surface area contributed by atoms with Gasteiger partial charge in [0, 0.05) is 12.1 Å². The van der Waals surface area contributed by atoms with E-state index < -0.39 is 0 Å². The van der Waals surface area contributed by atoms with Crippen LogP contribution in [0.15, 0.2) is 6.20 Å². The molecule has 1 aliphatic carbocycles. The Balaban J connectivity index is 2.04. The van der Waals surface area contributed by atoms with E-state index in [1.54, 1.807) is 0 Å². The summed E-state index contributed by atoms with van der Waals surface area (Å²) >= 11 is 0. The molecular formula is C10H17N3. The minimum absolute atomic E-state index is 0.807. The van der Waals surface area contributed by atoms with Crippen LogP contribution in [0, 0.1) is 12.8 Å². The Morgan fingerprint density at radius 1 is 1.54 bits per heavy atom. The fourth-order valence-electron chi connectivity index (χ4n) is 2.07. The second-order valence-electron chi connectivity index (χ2n) is 4.05. The highest BCUT2D eigenvalue weighted by atomic mass is 15.3. The Labute approximate surface area is 78.9 Å². The quantitative estimate of drug-likeness (QED) is 0.754. The van der Waals surface area contributed by atoms with Gasteiger partial charge in [0.05, 0.1) is 6.20 Å². The largest absolute Gasteiger partial charge is 0.384 e. The Hall–Kier alpha value is -0.990. The lowest BCUT2D eigenvalue weighted by atomic mass is 10.1. The predicted octanol–water partition coefficient (Wildman–Crippen LogP) is 1.96. The third-order valence-electron chi connectivity index (χ3n) is 2.98. The standard InChI is InChI=1S/C10H17N3/c1-8-6-12-13(10(8)11)7-9-4-2-3-5-9/h6,9H,2-5,7,11H2,1H3. The van der Waals surface area contributed by atoms with Gasteiger partial charge in [-0.15, -0.1) is 0 Å². The van der Waals surface area contributed by atoms with Crippen molar-refractivity contribution >= 4 is 5.82 Å². The molecule has 0 spiro atoms. The number of hydrogen-bond acceptors (Lipinski definition) is 2. The maximum absolute atomic E-state index is 5.88. The van der Waals surface area contributed by atoms with Crippen molar-refractivity contribution in [1.29, 1.82) is 0 Å². The SMILES string of the molecule is Cc1cnn(CC2CCCC2)c1N. The Morgan fingerprint density at radius 2 is 2.23 bits per heavy atom. The highest BCUT2D eigenvalue weighted by molar-refractivity contribution is 5.36. The summed E-state index contributed by atoms with van der Waals surface area (Å²) in [5.74, 6) is 1.65. The van der Waals surface area contributed by atoms with Crippen molar-refractivity contribution in [3.05, 3.63) is 11.8 Å². The van der Waals surface area contributed by atoms with Crippen LogP contribution in [0.3, 0.4) is 0 Å². The molecule has 0 amide bonds. The smallest absolute Gasteiger partial charge is 0.124 e. The molecule has 0 aromatic carbocycles. The minimum Gasteiger partial charge on any atom is -0.384 e. The molecule has 3 nitrogen and oxygen atoms in total. The van der Waals surface area contributed by atoms with Crippen molar-refractivity contribution in [1.82, 2.24) is 9.78 Å². The third-order valence-corrected chi connectivity index (χ3v) is 2.98. The number of aromatic nitrogens is 2. The van der Waals surface area contributed by atoms with Gasteiger partial charge >= 0.3 is 0 Å². The number of nitrogens with zero attached hydrogens (tertiary/aromatic N) is 2. The van der Waals surface area contributed by atoms with E-state index in [-0.39, 0.29) is 0 Å². The first kappa shape index (κ1) is 8.60. The number of rotatable bonds is 2. The molecule has 0 aliphatic heterocycles. The van der Waals surface area contributed by atoms with Crippen LogP contribution in [0.25, 0.3) is 0 Å². The lowest BCUT2D eigenvalue weighted by Crippen LogP contribution is -2.11. The molecule has 1 saturated carbocycles. The fraction of sp³-hybridized carbons (Fsp3) is 0.700. The summed E-state index contributed by atoms with van der Waals surface area (Å²) in [4.78, 5) is 0. The number of hydrogen-bond donors (Lipinski definition) is 1. The highest BCUT2D eigenvalue weighted by Crippen LogP contribution is 2.26. The van der Waals surface area contributed by atoms with E-state index in [9.17, 15) is 0 Å². The monoisotopic (exact) mass is 179 g/mol. The maximum atomic E-state index is 5.88. The van der Waals surface area contributed by atoms with Crippen LogP contribution >= 0.6 is 0 Å². The minimum atomic E-state index is 0.807. The summed E-state index contributed by atoms with van der Waals surface area (Å²) in [5, 5.41) is 4.27. The zero-order valence-corrected chi connectivity index (χ0v) is 8.16. The van der Waals surface area contributed by atoms with E-state index in [0.717, 1.165) is 23.8 Å². The molecule has 0 unspecified atom stereocenters. The summed E-state index contributed by atoms with van der Waals surface area (Å²) < 4.78 is 1.95. The molecule has 13 heavy (non-hydrogen) atoms. The number of nitrogen functional groups attached to an aromatic ring is 1. The van der Waals surface area contributed by atoms with Gasteiger partial charge in [0.1, 0.15) is 5.82 Å². The summed E-state index contributed by atoms with van der Waals surface area (Å²) in [6.07, 6.45) is 7.30. The molecule has 2 N–H and O–H groups in total. The average molecular weight is 179 g/mol. The second-order valence-corrected chi connectivity index (χ2v) is 4.05.